The fourth-order valence-corrected chi connectivity index (χ4v) is 7.55. The molecular formula is C30H33N3O3S2. The minimum absolute atomic E-state index is 0.0310. The highest BCUT2D eigenvalue weighted by atomic mass is 32.2. The van der Waals surface area contributed by atoms with Crippen molar-refractivity contribution in [3.05, 3.63) is 89.5 Å². The van der Waals surface area contributed by atoms with E-state index >= 15 is 0 Å². The number of hydrogen-bond donors (Lipinski definition) is 0. The molecule has 1 heterocycles. The molecular weight excluding hydrogens is 514 g/mol. The molecule has 0 spiro atoms. The number of sulfonamides is 1. The Morgan fingerprint density at radius 2 is 1.66 bits per heavy atom. The third kappa shape index (κ3) is 5.39. The molecule has 1 aromatic heterocycles. The summed E-state index contributed by atoms with van der Waals surface area (Å²) in [6.45, 7) is 2.47. The molecule has 4 aromatic rings. The number of benzene rings is 3. The van der Waals surface area contributed by atoms with Crippen LogP contribution in [-0.4, -0.2) is 36.7 Å². The maximum absolute atomic E-state index is 13.9. The average molecular weight is 548 g/mol. The van der Waals surface area contributed by atoms with E-state index in [-0.39, 0.29) is 16.8 Å². The Bertz CT molecular complexity index is 1510. The highest BCUT2D eigenvalue weighted by Crippen LogP contribution is 2.33. The molecule has 3 aromatic carbocycles. The van der Waals surface area contributed by atoms with Gasteiger partial charge in [0.05, 0.1) is 21.7 Å². The molecule has 0 saturated heterocycles. The second kappa shape index (κ2) is 11.4. The Labute approximate surface area is 229 Å². The normalized spacial score (nSPS) is 14.7. The lowest BCUT2D eigenvalue weighted by molar-refractivity contribution is 0.0985. The lowest BCUT2D eigenvalue weighted by Gasteiger charge is -2.30. The zero-order valence-corrected chi connectivity index (χ0v) is 23.5. The van der Waals surface area contributed by atoms with Crippen LogP contribution in [0.25, 0.3) is 10.2 Å². The van der Waals surface area contributed by atoms with Gasteiger partial charge >= 0.3 is 0 Å². The largest absolute Gasteiger partial charge is 0.279 e. The molecule has 1 saturated carbocycles. The molecule has 0 aliphatic heterocycles. The highest BCUT2D eigenvalue weighted by Gasteiger charge is 2.29. The Morgan fingerprint density at radius 3 is 2.34 bits per heavy atom. The number of para-hydroxylation sites is 1. The molecule has 1 aliphatic rings. The van der Waals surface area contributed by atoms with Crippen molar-refractivity contribution in [3.8, 4) is 0 Å². The van der Waals surface area contributed by atoms with Crippen LogP contribution in [0.4, 0.5) is 5.13 Å². The van der Waals surface area contributed by atoms with Gasteiger partial charge in [0.15, 0.2) is 5.13 Å². The van der Waals surface area contributed by atoms with Crippen molar-refractivity contribution >= 4 is 42.6 Å². The van der Waals surface area contributed by atoms with Crippen LogP contribution in [0.1, 0.15) is 60.5 Å². The van der Waals surface area contributed by atoms with Crippen molar-refractivity contribution in [2.45, 2.75) is 62.9 Å². The Balaban J connectivity index is 1.46. The lowest BCUT2D eigenvalue weighted by atomic mass is 9.96. The number of hydrogen-bond acceptors (Lipinski definition) is 5. The molecule has 8 heteroatoms. The Kier molecular flexibility index (Phi) is 7.93. The van der Waals surface area contributed by atoms with Gasteiger partial charge in [-0.25, -0.2) is 13.4 Å². The first kappa shape index (κ1) is 26.5. The second-order valence-corrected chi connectivity index (χ2v) is 12.8. The van der Waals surface area contributed by atoms with Crippen LogP contribution < -0.4 is 4.90 Å². The minimum atomic E-state index is -3.63. The second-order valence-electron chi connectivity index (χ2n) is 9.83. The summed E-state index contributed by atoms with van der Waals surface area (Å²) >= 11 is 1.50. The molecule has 1 aliphatic carbocycles. The van der Waals surface area contributed by atoms with E-state index in [0.717, 1.165) is 59.9 Å². The van der Waals surface area contributed by atoms with E-state index in [1.807, 2.05) is 42.5 Å². The van der Waals surface area contributed by atoms with Gasteiger partial charge in [-0.1, -0.05) is 80.0 Å². The molecule has 198 valence electrons. The number of thiazole rings is 1. The van der Waals surface area contributed by atoms with E-state index in [1.165, 1.54) is 15.6 Å². The number of fused-ring (bicyclic) bond motifs is 1. The number of aryl methyl sites for hydroxylation is 1. The number of amides is 1. The molecule has 0 radical (unpaired) electrons. The van der Waals surface area contributed by atoms with Gasteiger partial charge in [0.2, 0.25) is 10.0 Å². The van der Waals surface area contributed by atoms with Gasteiger partial charge in [0.1, 0.15) is 0 Å². The van der Waals surface area contributed by atoms with Crippen LogP contribution in [0.3, 0.4) is 0 Å². The summed E-state index contributed by atoms with van der Waals surface area (Å²) in [6, 6.07) is 22.3. The number of rotatable bonds is 8. The summed E-state index contributed by atoms with van der Waals surface area (Å²) in [5, 5.41) is 0.628. The first-order chi connectivity index (χ1) is 18.4. The van der Waals surface area contributed by atoms with Gasteiger partial charge in [0.25, 0.3) is 5.91 Å². The van der Waals surface area contributed by atoms with E-state index in [1.54, 1.807) is 36.2 Å². The van der Waals surface area contributed by atoms with Gasteiger partial charge in [-0.3, -0.25) is 9.69 Å². The van der Waals surface area contributed by atoms with Crippen LogP contribution in [0.2, 0.25) is 0 Å². The molecule has 0 bridgehead atoms. The summed E-state index contributed by atoms with van der Waals surface area (Å²) < 4.78 is 29.1. The van der Waals surface area contributed by atoms with Crippen LogP contribution in [0.5, 0.6) is 0 Å². The van der Waals surface area contributed by atoms with Crippen molar-refractivity contribution in [2.24, 2.45) is 0 Å². The van der Waals surface area contributed by atoms with Crippen molar-refractivity contribution in [2.75, 3.05) is 11.9 Å². The first-order valence-electron chi connectivity index (χ1n) is 13.2. The van der Waals surface area contributed by atoms with E-state index in [9.17, 15) is 13.2 Å². The molecule has 0 atom stereocenters. The number of anilines is 1. The van der Waals surface area contributed by atoms with E-state index in [2.05, 4.69) is 13.0 Å². The highest BCUT2D eigenvalue weighted by molar-refractivity contribution is 7.89. The van der Waals surface area contributed by atoms with E-state index in [4.69, 9.17) is 4.98 Å². The van der Waals surface area contributed by atoms with Gasteiger partial charge in [-0.15, -0.1) is 0 Å². The van der Waals surface area contributed by atoms with Crippen molar-refractivity contribution < 1.29 is 13.2 Å². The molecule has 38 heavy (non-hydrogen) atoms. The van der Waals surface area contributed by atoms with E-state index < -0.39 is 10.0 Å². The van der Waals surface area contributed by atoms with Gasteiger partial charge in [-0.2, -0.15) is 4.31 Å². The quantitative estimate of drug-likeness (QED) is 0.247. The van der Waals surface area contributed by atoms with Gasteiger partial charge in [-0.05, 0) is 60.7 Å². The lowest BCUT2D eigenvalue weighted by Crippen LogP contribution is -2.38. The van der Waals surface area contributed by atoms with Gasteiger partial charge < -0.3 is 0 Å². The van der Waals surface area contributed by atoms with Crippen LogP contribution >= 0.6 is 11.3 Å². The van der Waals surface area contributed by atoms with Gasteiger partial charge in [0, 0.05) is 18.7 Å². The third-order valence-electron chi connectivity index (χ3n) is 7.40. The predicted octanol–water partition coefficient (Wildman–Crippen LogP) is 6.66. The fourth-order valence-electron chi connectivity index (χ4n) is 5.12. The first-order valence-corrected chi connectivity index (χ1v) is 15.5. The Hall–Kier alpha value is -3.07. The minimum Gasteiger partial charge on any atom is -0.279 e. The van der Waals surface area contributed by atoms with Crippen molar-refractivity contribution in [1.82, 2.24) is 9.29 Å². The zero-order valence-electron chi connectivity index (χ0n) is 21.8. The molecule has 1 amide bonds. The maximum Gasteiger partial charge on any atom is 0.260 e. The molecule has 0 N–H and O–H groups in total. The van der Waals surface area contributed by atoms with Crippen LogP contribution in [-0.2, 0) is 23.0 Å². The summed E-state index contributed by atoms with van der Waals surface area (Å²) in [4.78, 5) is 20.6. The fraction of sp³-hybridized carbons (Fsp3) is 0.333. The number of carbonyl (C=O) groups excluding carboxylic acids is 1. The summed E-state index contributed by atoms with van der Waals surface area (Å²) in [5.74, 6) is -0.212. The molecule has 0 unspecified atom stereocenters. The SMILES string of the molecule is CCc1cccc2sc(N(Cc3ccccc3)C(=O)c3ccc(S(=O)(=O)N(C)C4CCCCC4)cc3)nc12. The van der Waals surface area contributed by atoms with Crippen LogP contribution in [0, 0.1) is 0 Å². The van der Waals surface area contributed by atoms with Crippen LogP contribution in [0.15, 0.2) is 77.7 Å². The molecule has 5 rings (SSSR count). The number of aromatic nitrogens is 1. The average Bonchev–Trinajstić information content (AvgIpc) is 3.40. The van der Waals surface area contributed by atoms with Crippen molar-refractivity contribution in [1.29, 1.82) is 0 Å². The smallest absolute Gasteiger partial charge is 0.260 e. The number of nitrogens with zero attached hydrogens (tertiary/aromatic N) is 3. The molecule has 1 fully saturated rings. The predicted molar refractivity (Wildman–Crippen MR) is 154 cm³/mol. The number of carbonyl (C=O) groups is 1. The van der Waals surface area contributed by atoms with E-state index in [0.29, 0.717) is 17.2 Å². The topological polar surface area (TPSA) is 70.6 Å². The third-order valence-corrected chi connectivity index (χ3v) is 10.4. The Morgan fingerprint density at radius 1 is 0.947 bits per heavy atom. The summed E-state index contributed by atoms with van der Waals surface area (Å²) in [6.07, 6.45) is 5.92. The van der Waals surface area contributed by atoms with Crippen molar-refractivity contribution in [3.63, 3.8) is 0 Å². The maximum atomic E-state index is 13.9. The standard InChI is InChI=1S/C30H33N3O3S2/c1-3-23-13-10-16-27-28(23)31-30(37-27)33(21-22-11-6-4-7-12-22)29(34)24-17-19-26(20-18-24)38(35,36)32(2)25-14-8-5-9-15-25/h4,6-7,10-13,16-20,25H,3,5,8-9,14-15,21H2,1-2H3. The zero-order chi connectivity index (χ0) is 26.7. The molecule has 6 nitrogen and oxygen atoms in total. The summed E-state index contributed by atoms with van der Waals surface area (Å²) in [7, 11) is -1.96. The summed E-state index contributed by atoms with van der Waals surface area (Å²) in [5.41, 5.74) is 3.49. The monoisotopic (exact) mass is 547 g/mol.